The van der Waals surface area contributed by atoms with Crippen molar-refractivity contribution in [3.8, 4) is 5.75 Å². The third-order valence-corrected chi connectivity index (χ3v) is 4.58. The van der Waals surface area contributed by atoms with Crippen LogP contribution in [0.25, 0.3) is 0 Å². The first-order valence-corrected chi connectivity index (χ1v) is 7.78. The summed E-state index contributed by atoms with van der Waals surface area (Å²) in [4.78, 5) is 11.2. The van der Waals surface area contributed by atoms with Crippen molar-refractivity contribution in [2.45, 2.75) is 17.7 Å². The van der Waals surface area contributed by atoms with Crippen molar-refractivity contribution in [3.05, 3.63) is 36.4 Å². The molecule has 1 N–H and O–H groups in total. The zero-order valence-corrected chi connectivity index (χ0v) is 12.9. The van der Waals surface area contributed by atoms with Crippen LogP contribution in [-0.4, -0.2) is 44.5 Å². The highest BCUT2D eigenvalue weighted by Crippen LogP contribution is 2.24. The van der Waals surface area contributed by atoms with Crippen LogP contribution in [0.2, 0.25) is 0 Å². The molecule has 0 amide bonds. The minimum atomic E-state index is -3.68. The van der Waals surface area contributed by atoms with E-state index in [1.165, 1.54) is 26.2 Å². The number of hydrogen-bond acceptors (Lipinski definition) is 4. The van der Waals surface area contributed by atoms with Gasteiger partial charge in [0, 0.05) is 14.1 Å². The summed E-state index contributed by atoms with van der Waals surface area (Å²) in [7, 11) is -0.909. The Morgan fingerprint density at radius 1 is 1.43 bits per heavy atom. The summed E-state index contributed by atoms with van der Waals surface area (Å²) in [5.74, 6) is -1.08. The van der Waals surface area contributed by atoms with E-state index in [1.54, 1.807) is 6.08 Å². The lowest BCUT2D eigenvalue weighted by atomic mass is 10.2. The maximum atomic E-state index is 12.0. The van der Waals surface area contributed by atoms with Crippen molar-refractivity contribution in [2.24, 2.45) is 0 Å². The van der Waals surface area contributed by atoms with Gasteiger partial charge in [-0.15, -0.1) is 6.58 Å². The van der Waals surface area contributed by atoms with Gasteiger partial charge in [0.15, 0.2) is 0 Å². The second-order valence-corrected chi connectivity index (χ2v) is 6.68. The van der Waals surface area contributed by atoms with E-state index in [-0.39, 0.29) is 16.2 Å². The molecule has 0 saturated carbocycles. The SMILES string of the molecule is C=CCCCOc1ccc(S(=O)(=O)N(C)C)cc1C(=O)O. The van der Waals surface area contributed by atoms with Crippen LogP contribution in [0.5, 0.6) is 5.75 Å². The van der Waals surface area contributed by atoms with Gasteiger partial charge in [0.2, 0.25) is 10.0 Å². The Kier molecular flexibility index (Phi) is 5.92. The van der Waals surface area contributed by atoms with E-state index < -0.39 is 16.0 Å². The molecule has 0 aromatic heterocycles. The average Bonchev–Trinajstić information content (AvgIpc) is 2.43. The smallest absolute Gasteiger partial charge is 0.339 e. The fourth-order valence-corrected chi connectivity index (χ4v) is 2.51. The number of carbonyl (C=O) groups is 1. The molecule has 0 radical (unpaired) electrons. The molecule has 0 aliphatic heterocycles. The maximum absolute atomic E-state index is 12.0. The Morgan fingerprint density at radius 2 is 2.10 bits per heavy atom. The van der Waals surface area contributed by atoms with Crippen LogP contribution >= 0.6 is 0 Å². The number of carboxylic acid groups (broad SMARTS) is 1. The van der Waals surface area contributed by atoms with E-state index in [2.05, 4.69) is 6.58 Å². The second kappa shape index (κ2) is 7.24. The fourth-order valence-electron chi connectivity index (χ4n) is 1.58. The Morgan fingerprint density at radius 3 is 2.62 bits per heavy atom. The van der Waals surface area contributed by atoms with Gasteiger partial charge in [-0.3, -0.25) is 0 Å². The van der Waals surface area contributed by atoms with Crippen molar-refractivity contribution in [3.63, 3.8) is 0 Å². The Hall–Kier alpha value is -1.86. The number of hydrogen-bond donors (Lipinski definition) is 1. The van der Waals surface area contributed by atoms with Gasteiger partial charge in [0.25, 0.3) is 0 Å². The number of sulfonamides is 1. The maximum Gasteiger partial charge on any atom is 0.339 e. The molecule has 21 heavy (non-hydrogen) atoms. The number of aromatic carboxylic acids is 1. The molecule has 7 heteroatoms. The first-order chi connectivity index (χ1) is 9.80. The van der Waals surface area contributed by atoms with E-state index in [1.807, 2.05) is 0 Å². The van der Waals surface area contributed by atoms with Crippen molar-refractivity contribution in [1.82, 2.24) is 4.31 Å². The third kappa shape index (κ3) is 4.30. The number of nitrogens with zero attached hydrogens (tertiary/aromatic N) is 1. The van der Waals surface area contributed by atoms with Crippen LogP contribution in [0.15, 0.2) is 35.7 Å². The summed E-state index contributed by atoms with van der Waals surface area (Å²) < 4.78 is 30.4. The average molecular weight is 313 g/mol. The Balaban J connectivity index is 3.08. The summed E-state index contributed by atoms with van der Waals surface area (Å²) in [5.41, 5.74) is -0.170. The summed E-state index contributed by atoms with van der Waals surface area (Å²) >= 11 is 0. The van der Waals surface area contributed by atoms with E-state index in [4.69, 9.17) is 4.74 Å². The van der Waals surface area contributed by atoms with Crippen molar-refractivity contribution >= 4 is 16.0 Å². The van der Waals surface area contributed by atoms with Crippen molar-refractivity contribution < 1.29 is 23.1 Å². The van der Waals surface area contributed by atoms with Gasteiger partial charge in [-0.05, 0) is 31.0 Å². The van der Waals surface area contributed by atoms with Gasteiger partial charge in [0.1, 0.15) is 11.3 Å². The number of allylic oxidation sites excluding steroid dienone is 1. The molecule has 0 spiro atoms. The molecule has 0 unspecified atom stereocenters. The highest BCUT2D eigenvalue weighted by molar-refractivity contribution is 7.89. The Labute approximate surface area is 124 Å². The van der Waals surface area contributed by atoms with Gasteiger partial charge in [-0.2, -0.15) is 0 Å². The van der Waals surface area contributed by atoms with Gasteiger partial charge in [0.05, 0.1) is 11.5 Å². The topological polar surface area (TPSA) is 83.9 Å². The molecule has 0 bridgehead atoms. The first kappa shape index (κ1) is 17.2. The van der Waals surface area contributed by atoms with Crippen LogP contribution in [-0.2, 0) is 10.0 Å². The highest BCUT2D eigenvalue weighted by atomic mass is 32.2. The molecule has 1 aromatic rings. The molecule has 1 rings (SSSR count). The van der Waals surface area contributed by atoms with E-state index in [9.17, 15) is 18.3 Å². The standard InChI is InChI=1S/C14H19NO5S/c1-4-5-6-9-20-13-8-7-11(10-12(13)14(16)17)21(18,19)15(2)3/h4,7-8,10H,1,5-6,9H2,2-3H3,(H,16,17). The van der Waals surface area contributed by atoms with E-state index in [0.29, 0.717) is 13.0 Å². The molecule has 1 aromatic carbocycles. The number of rotatable bonds is 8. The summed E-state index contributed by atoms with van der Waals surface area (Å²) in [6, 6.07) is 3.82. The minimum Gasteiger partial charge on any atom is -0.493 e. The number of ether oxygens (including phenoxy) is 1. The lowest BCUT2D eigenvalue weighted by Crippen LogP contribution is -2.22. The molecule has 116 valence electrons. The zero-order valence-electron chi connectivity index (χ0n) is 12.1. The van der Waals surface area contributed by atoms with Gasteiger partial charge in [-0.1, -0.05) is 6.08 Å². The van der Waals surface area contributed by atoms with Crippen LogP contribution in [0.3, 0.4) is 0 Å². The summed E-state index contributed by atoms with van der Waals surface area (Å²) in [6.07, 6.45) is 3.21. The van der Waals surface area contributed by atoms with Crippen molar-refractivity contribution in [1.29, 1.82) is 0 Å². The monoisotopic (exact) mass is 313 g/mol. The lowest BCUT2D eigenvalue weighted by Gasteiger charge is -2.14. The number of unbranched alkanes of at least 4 members (excludes halogenated alkanes) is 1. The normalized spacial score (nSPS) is 11.4. The predicted octanol–water partition coefficient (Wildman–Crippen LogP) is 1.98. The molecule has 0 atom stereocenters. The van der Waals surface area contributed by atoms with Gasteiger partial charge >= 0.3 is 5.97 Å². The minimum absolute atomic E-state index is 0.0802. The molecular formula is C14H19NO5S. The molecule has 0 aliphatic rings. The number of carboxylic acids is 1. The van der Waals surface area contributed by atoms with Crippen LogP contribution < -0.4 is 4.74 Å². The zero-order chi connectivity index (χ0) is 16.0. The molecule has 0 heterocycles. The predicted molar refractivity (Wildman–Crippen MR) is 79.2 cm³/mol. The number of benzene rings is 1. The highest BCUT2D eigenvalue weighted by Gasteiger charge is 2.21. The quantitative estimate of drug-likeness (QED) is 0.586. The molecule has 6 nitrogen and oxygen atoms in total. The summed E-state index contributed by atoms with van der Waals surface area (Å²) in [5, 5.41) is 9.19. The van der Waals surface area contributed by atoms with Crippen LogP contribution in [0.4, 0.5) is 0 Å². The first-order valence-electron chi connectivity index (χ1n) is 6.34. The van der Waals surface area contributed by atoms with E-state index >= 15 is 0 Å². The molecule has 0 fully saturated rings. The lowest BCUT2D eigenvalue weighted by molar-refractivity contribution is 0.0692. The third-order valence-electron chi connectivity index (χ3n) is 2.77. The van der Waals surface area contributed by atoms with Gasteiger partial charge < -0.3 is 9.84 Å². The van der Waals surface area contributed by atoms with Gasteiger partial charge in [-0.25, -0.2) is 17.5 Å². The van der Waals surface area contributed by atoms with Crippen LogP contribution in [0.1, 0.15) is 23.2 Å². The largest absolute Gasteiger partial charge is 0.493 e. The molecule has 0 aliphatic carbocycles. The fraction of sp³-hybridized carbons (Fsp3) is 0.357. The second-order valence-electron chi connectivity index (χ2n) is 4.53. The Bertz CT molecular complexity index is 622. The molecule has 0 saturated heterocycles. The van der Waals surface area contributed by atoms with Crippen LogP contribution in [0, 0.1) is 0 Å². The van der Waals surface area contributed by atoms with E-state index in [0.717, 1.165) is 16.8 Å². The van der Waals surface area contributed by atoms with Crippen molar-refractivity contribution in [2.75, 3.05) is 20.7 Å². The summed E-state index contributed by atoms with van der Waals surface area (Å²) in [6.45, 7) is 3.92. The molecular weight excluding hydrogens is 294 g/mol.